The zero-order valence-corrected chi connectivity index (χ0v) is 33.7. The van der Waals surface area contributed by atoms with Gasteiger partial charge in [-0.25, -0.2) is 0 Å². The fraction of sp³-hybridized carbons (Fsp3) is 0.300. The van der Waals surface area contributed by atoms with E-state index in [-0.39, 0.29) is 0 Å². The molecule has 0 fully saturated rings. The average molecular weight is 799 g/mol. The van der Waals surface area contributed by atoms with Gasteiger partial charge in [0.1, 0.15) is 0 Å². The first-order chi connectivity index (χ1) is 21.8. The Bertz CT molecular complexity index is 1890. The van der Waals surface area contributed by atoms with Crippen LogP contribution in [0.5, 0.6) is 23.0 Å². The van der Waals surface area contributed by atoms with Crippen LogP contribution in [-0.2, 0) is 14.2 Å². The van der Waals surface area contributed by atoms with Crippen molar-refractivity contribution in [2.75, 3.05) is 28.4 Å². The fourth-order valence-corrected chi connectivity index (χ4v) is 43.6. The molecule has 2 atom stereocenters. The molecule has 0 spiro atoms. The Morgan fingerprint density at radius 1 is 0.565 bits per heavy atom. The fourth-order valence-electron chi connectivity index (χ4n) is 8.79. The van der Waals surface area contributed by atoms with Gasteiger partial charge in [0.05, 0.1) is 0 Å². The minimum absolute atomic E-state index is 0.334. The molecule has 4 aromatic rings. The number of methoxy groups -OCH3 is 4. The summed E-state index contributed by atoms with van der Waals surface area (Å²) >= 11 is -5.03. The minimum atomic E-state index is -5.03. The molecule has 0 aromatic heterocycles. The summed E-state index contributed by atoms with van der Waals surface area (Å²) in [5.74, 6) is 3.18. The van der Waals surface area contributed by atoms with Crippen LogP contribution in [0.25, 0.3) is 34.4 Å². The first-order valence-corrected chi connectivity index (χ1v) is 41.2. The molecule has 0 N–H and O–H groups in total. The third kappa shape index (κ3) is 4.54. The van der Waals surface area contributed by atoms with E-state index < -0.39 is 14.2 Å². The molecule has 0 radical (unpaired) electrons. The van der Waals surface area contributed by atoms with E-state index in [1.807, 2.05) is 12.1 Å². The van der Waals surface area contributed by atoms with E-state index in [9.17, 15) is 0 Å². The third-order valence-corrected chi connectivity index (χ3v) is 76.6. The molecular weight excluding hydrogens is 751 g/mol. The molecule has 4 aromatic carbocycles. The Balaban J connectivity index is 1.55. The van der Waals surface area contributed by atoms with Crippen molar-refractivity contribution in [1.29, 1.82) is 0 Å². The summed E-state index contributed by atoms with van der Waals surface area (Å²) in [6, 6.07) is 26.1. The Morgan fingerprint density at radius 3 is 1.22 bits per heavy atom. The van der Waals surface area contributed by atoms with E-state index in [0.29, 0.717) is 7.35 Å². The molecule has 0 amide bonds. The molecule has 0 heterocycles. The molecular formula is C40H48HfO4Si. The summed E-state index contributed by atoms with van der Waals surface area (Å²) in [6.45, 7) is 7.40. The van der Waals surface area contributed by atoms with Crippen molar-refractivity contribution in [2.45, 2.75) is 38.9 Å². The number of rotatable bonds is 10. The van der Waals surface area contributed by atoms with E-state index >= 15 is 0 Å². The molecule has 46 heavy (non-hydrogen) atoms. The maximum absolute atomic E-state index is 5.66. The molecule has 6 rings (SSSR count). The first-order valence-electron chi connectivity index (χ1n) is 16.4. The zero-order chi connectivity index (χ0) is 33.0. The van der Waals surface area contributed by atoms with Gasteiger partial charge in [-0.3, -0.25) is 0 Å². The van der Waals surface area contributed by atoms with Crippen molar-refractivity contribution in [3.8, 4) is 45.3 Å². The van der Waals surface area contributed by atoms with Crippen LogP contribution in [0.4, 0.5) is 0 Å². The molecule has 2 aliphatic rings. The maximum atomic E-state index is 5.66. The zero-order valence-electron chi connectivity index (χ0n) is 28.6. The van der Waals surface area contributed by atoms with Crippen LogP contribution in [0.3, 0.4) is 0 Å². The van der Waals surface area contributed by atoms with Crippen LogP contribution in [0.2, 0.25) is 17.7 Å². The van der Waals surface area contributed by atoms with Crippen molar-refractivity contribution < 1.29 is 33.1 Å². The third-order valence-electron chi connectivity index (χ3n) is 13.3. The van der Waals surface area contributed by atoms with Gasteiger partial charge in [0.2, 0.25) is 0 Å². The Labute approximate surface area is 270 Å². The van der Waals surface area contributed by atoms with Gasteiger partial charge in [0.15, 0.2) is 0 Å². The predicted octanol–water partition coefficient (Wildman–Crippen LogP) is 10.2. The number of ether oxygens (including phenoxy) is 4. The summed E-state index contributed by atoms with van der Waals surface area (Å²) < 4.78 is 31.2. The Kier molecular flexibility index (Phi) is 7.31. The van der Waals surface area contributed by atoms with Crippen LogP contribution in [0.1, 0.15) is 43.5 Å². The Morgan fingerprint density at radius 2 is 0.913 bits per heavy atom. The average Bonchev–Trinajstić information content (AvgIpc) is 3.75. The number of hydrogen-bond donors (Lipinski definition) is 0. The van der Waals surface area contributed by atoms with E-state index in [0.717, 1.165) is 42.5 Å². The van der Waals surface area contributed by atoms with Crippen LogP contribution in [0, 0.1) is 0 Å². The van der Waals surface area contributed by atoms with Gasteiger partial charge in [-0.05, 0) is 0 Å². The summed E-state index contributed by atoms with van der Waals surface area (Å²) in [5, 5.41) is 0. The SMILES string of the molecule is C[CH2][Hf]([CH3])([CH3])(=[SiH2])([CH2]C)([CH]1C=Cc2c(-c3cc(OC)cc(OC)c3)cccc21)[CH]1C=Cc2c(-c3cc(OC)cc(OC)c3)cccc21. The summed E-state index contributed by atoms with van der Waals surface area (Å²) in [5.41, 5.74) is 10.2. The van der Waals surface area contributed by atoms with E-state index in [1.165, 1.54) is 33.4 Å². The van der Waals surface area contributed by atoms with E-state index in [2.05, 4.69) is 115 Å². The molecule has 240 valence electrons. The summed E-state index contributed by atoms with van der Waals surface area (Å²) in [7, 11) is 6.84. The predicted molar refractivity (Wildman–Crippen MR) is 195 cm³/mol. The van der Waals surface area contributed by atoms with Gasteiger partial charge in [0, 0.05) is 0 Å². The quantitative estimate of drug-likeness (QED) is 0.150. The van der Waals surface area contributed by atoms with Gasteiger partial charge in [0.25, 0.3) is 0 Å². The van der Waals surface area contributed by atoms with Crippen molar-refractivity contribution in [3.05, 3.63) is 107 Å². The van der Waals surface area contributed by atoms with Crippen LogP contribution >= 0.6 is 0 Å². The standard InChI is InChI=1S/2C17H15O2.2C2H5.2CH3.Hf.H2Si/c2*1-18-14-9-13(10-15(11-14)19-2)17-8-4-6-12-5-3-7-16(12)17;2*1-2;;;;/h2*3-11H,1-2H3;2*1H2,2H3;2*1H3;;1H2. The van der Waals surface area contributed by atoms with Gasteiger partial charge >= 0.3 is 272 Å². The van der Waals surface area contributed by atoms with Crippen molar-refractivity contribution in [1.82, 2.24) is 0 Å². The van der Waals surface area contributed by atoms with Crippen molar-refractivity contribution in [2.24, 2.45) is 0 Å². The van der Waals surface area contributed by atoms with Gasteiger partial charge in [-0.15, -0.1) is 0 Å². The molecule has 0 saturated carbocycles. The normalized spacial score (nSPS) is 18.9. The summed E-state index contributed by atoms with van der Waals surface area (Å²) in [6.07, 6.45) is 9.94. The van der Waals surface area contributed by atoms with Crippen molar-refractivity contribution >= 4 is 19.1 Å². The van der Waals surface area contributed by atoms with Crippen molar-refractivity contribution in [3.63, 3.8) is 0 Å². The molecule has 0 bridgehead atoms. The number of allylic oxidation sites excluding steroid dienone is 2. The molecule has 2 unspecified atom stereocenters. The van der Waals surface area contributed by atoms with Gasteiger partial charge < -0.3 is 0 Å². The molecule has 4 nitrogen and oxygen atoms in total. The molecule has 0 aliphatic heterocycles. The van der Waals surface area contributed by atoms with Crippen LogP contribution in [-0.4, -0.2) is 35.4 Å². The van der Waals surface area contributed by atoms with E-state index in [1.54, 1.807) is 28.4 Å². The number of fused-ring (bicyclic) bond motifs is 2. The molecule has 2 aliphatic carbocycles. The number of benzene rings is 4. The molecule has 0 saturated heterocycles. The topological polar surface area (TPSA) is 36.9 Å². The van der Waals surface area contributed by atoms with Crippen LogP contribution in [0.15, 0.2) is 84.9 Å². The second-order valence-corrected chi connectivity index (χ2v) is 94.6. The van der Waals surface area contributed by atoms with Crippen LogP contribution < -0.4 is 18.9 Å². The Hall–Kier alpha value is -3.35. The van der Waals surface area contributed by atoms with Gasteiger partial charge in [-0.2, -0.15) is 0 Å². The van der Waals surface area contributed by atoms with E-state index in [4.69, 9.17) is 18.9 Å². The first kappa shape index (κ1) is 32.6. The summed E-state index contributed by atoms with van der Waals surface area (Å²) in [4.78, 5) is 0. The number of hydrogen-bond acceptors (Lipinski definition) is 4. The molecule has 6 heteroatoms. The van der Waals surface area contributed by atoms with Gasteiger partial charge in [-0.1, -0.05) is 0 Å². The second-order valence-electron chi connectivity index (χ2n) is 16.1. The monoisotopic (exact) mass is 800 g/mol. The second kappa shape index (κ2) is 10.3.